The smallest absolute Gasteiger partial charge is 0.133 e. The van der Waals surface area contributed by atoms with Crippen molar-refractivity contribution < 1.29 is 9.13 Å². The lowest BCUT2D eigenvalue weighted by molar-refractivity contribution is 0.439. The predicted octanol–water partition coefficient (Wildman–Crippen LogP) is 3.11. The van der Waals surface area contributed by atoms with Gasteiger partial charge >= 0.3 is 0 Å². The van der Waals surface area contributed by atoms with Crippen molar-refractivity contribution in [1.29, 1.82) is 0 Å². The summed E-state index contributed by atoms with van der Waals surface area (Å²) in [5, 5.41) is 0. The van der Waals surface area contributed by atoms with E-state index in [0.29, 0.717) is 28.4 Å². The van der Waals surface area contributed by atoms with E-state index in [1.807, 2.05) is 0 Å². The van der Waals surface area contributed by atoms with E-state index >= 15 is 0 Å². The van der Waals surface area contributed by atoms with Crippen molar-refractivity contribution in [3.63, 3.8) is 0 Å². The van der Waals surface area contributed by atoms with Crippen LogP contribution in [0.25, 0.3) is 0 Å². The summed E-state index contributed by atoms with van der Waals surface area (Å²) in [6.45, 7) is -0.616. The van der Waals surface area contributed by atoms with Gasteiger partial charge in [-0.3, -0.25) is 0 Å². The van der Waals surface area contributed by atoms with E-state index in [1.165, 1.54) is 0 Å². The van der Waals surface area contributed by atoms with Gasteiger partial charge in [0.2, 0.25) is 0 Å². The van der Waals surface area contributed by atoms with Crippen molar-refractivity contribution in [2.45, 2.75) is 6.67 Å². The molecule has 88 valence electrons. The van der Waals surface area contributed by atoms with Gasteiger partial charge in [0.05, 0.1) is 0 Å². The van der Waals surface area contributed by atoms with Crippen molar-refractivity contribution >= 4 is 11.4 Å². The first-order chi connectivity index (χ1) is 8.19. The van der Waals surface area contributed by atoms with Crippen LogP contribution in [0.4, 0.5) is 15.8 Å². The molecule has 2 rings (SSSR count). The van der Waals surface area contributed by atoms with Crippen LogP contribution in [0.2, 0.25) is 0 Å². The molecule has 0 aliphatic heterocycles. The maximum atomic E-state index is 12.8. The van der Waals surface area contributed by atoms with Crippen LogP contribution >= 0.6 is 0 Å². The molecule has 4 N–H and O–H groups in total. The number of halogens is 1. The molecule has 2 aromatic carbocycles. The standard InChI is InChI=1S/C13H13FN2O/c14-8-9-7-11(16)3-6-13(9)17-12-4-1-10(15)2-5-12/h1-7H,8,15-16H2. The van der Waals surface area contributed by atoms with Crippen LogP contribution in [0.3, 0.4) is 0 Å². The highest BCUT2D eigenvalue weighted by Crippen LogP contribution is 2.28. The van der Waals surface area contributed by atoms with Crippen LogP contribution in [0.1, 0.15) is 5.56 Å². The number of hydrogen-bond acceptors (Lipinski definition) is 3. The van der Waals surface area contributed by atoms with Gasteiger partial charge in [-0.1, -0.05) is 0 Å². The molecule has 0 aliphatic carbocycles. The second kappa shape index (κ2) is 4.74. The molecule has 0 bridgehead atoms. The number of ether oxygens (including phenoxy) is 1. The largest absolute Gasteiger partial charge is 0.457 e. The first kappa shape index (κ1) is 11.3. The van der Waals surface area contributed by atoms with Gasteiger partial charge in [0, 0.05) is 16.9 Å². The highest BCUT2D eigenvalue weighted by atomic mass is 19.1. The molecule has 0 aromatic heterocycles. The SMILES string of the molecule is Nc1ccc(Oc2ccc(N)cc2CF)cc1. The Balaban J connectivity index is 2.26. The maximum absolute atomic E-state index is 12.8. The van der Waals surface area contributed by atoms with Gasteiger partial charge in [0.25, 0.3) is 0 Å². The molecule has 3 nitrogen and oxygen atoms in total. The van der Waals surface area contributed by atoms with Gasteiger partial charge in [0.15, 0.2) is 0 Å². The Morgan fingerprint density at radius 1 is 0.941 bits per heavy atom. The molecule has 0 fully saturated rings. The first-order valence-electron chi connectivity index (χ1n) is 5.17. The van der Waals surface area contributed by atoms with Crippen LogP contribution in [0, 0.1) is 0 Å². The molecule has 0 heterocycles. The Hall–Kier alpha value is -2.23. The van der Waals surface area contributed by atoms with E-state index in [9.17, 15) is 4.39 Å². The van der Waals surface area contributed by atoms with Crippen LogP contribution in [0.5, 0.6) is 11.5 Å². The summed E-state index contributed by atoms with van der Waals surface area (Å²) in [5.41, 5.74) is 12.7. The van der Waals surface area contributed by atoms with Crippen LogP contribution < -0.4 is 16.2 Å². The molecule has 0 saturated carbocycles. The minimum atomic E-state index is -0.616. The van der Waals surface area contributed by atoms with E-state index in [1.54, 1.807) is 42.5 Å². The first-order valence-corrected chi connectivity index (χ1v) is 5.17. The van der Waals surface area contributed by atoms with Crippen molar-refractivity contribution in [3.8, 4) is 11.5 Å². The molecule has 0 aliphatic rings. The molecule has 0 unspecified atom stereocenters. The van der Waals surface area contributed by atoms with E-state index < -0.39 is 6.67 Å². The number of nitrogens with two attached hydrogens (primary N) is 2. The summed E-state index contributed by atoms with van der Waals surface area (Å²) in [6.07, 6.45) is 0. The Morgan fingerprint density at radius 2 is 1.59 bits per heavy atom. The minimum Gasteiger partial charge on any atom is -0.457 e. The maximum Gasteiger partial charge on any atom is 0.133 e. The number of benzene rings is 2. The number of alkyl halides is 1. The fraction of sp³-hybridized carbons (Fsp3) is 0.0769. The summed E-state index contributed by atoms with van der Waals surface area (Å²) in [6, 6.07) is 11.8. The van der Waals surface area contributed by atoms with Crippen LogP contribution in [-0.2, 0) is 6.67 Å². The van der Waals surface area contributed by atoms with Crippen LogP contribution in [0.15, 0.2) is 42.5 Å². The molecule has 2 aromatic rings. The normalized spacial score (nSPS) is 10.2. The summed E-state index contributed by atoms with van der Waals surface area (Å²) in [5.74, 6) is 1.07. The Labute approximate surface area is 98.8 Å². The number of rotatable bonds is 3. The van der Waals surface area contributed by atoms with Gasteiger partial charge in [0.1, 0.15) is 18.2 Å². The monoisotopic (exact) mass is 232 g/mol. The topological polar surface area (TPSA) is 61.3 Å². The molecule has 0 saturated heterocycles. The van der Waals surface area contributed by atoms with Crippen molar-refractivity contribution in [2.24, 2.45) is 0 Å². The Morgan fingerprint density at radius 3 is 2.24 bits per heavy atom. The van der Waals surface area contributed by atoms with Gasteiger partial charge in [-0.2, -0.15) is 0 Å². The molecule has 17 heavy (non-hydrogen) atoms. The summed E-state index contributed by atoms with van der Waals surface area (Å²) < 4.78 is 18.3. The molecule has 0 atom stereocenters. The average Bonchev–Trinajstić information content (AvgIpc) is 2.34. The van der Waals surface area contributed by atoms with E-state index in [0.717, 1.165) is 0 Å². The van der Waals surface area contributed by atoms with Gasteiger partial charge in [-0.05, 0) is 42.5 Å². The Bertz CT molecular complexity index is 511. The predicted molar refractivity (Wildman–Crippen MR) is 66.6 cm³/mol. The lowest BCUT2D eigenvalue weighted by atomic mass is 10.2. The van der Waals surface area contributed by atoms with E-state index in [4.69, 9.17) is 16.2 Å². The average molecular weight is 232 g/mol. The minimum absolute atomic E-state index is 0.432. The molecule has 0 amide bonds. The highest BCUT2D eigenvalue weighted by Gasteiger charge is 2.05. The number of anilines is 2. The zero-order valence-corrected chi connectivity index (χ0v) is 9.19. The zero-order valence-electron chi connectivity index (χ0n) is 9.19. The summed E-state index contributed by atoms with van der Waals surface area (Å²) in [4.78, 5) is 0. The number of nitrogen functional groups attached to an aromatic ring is 2. The second-order valence-corrected chi connectivity index (χ2v) is 3.67. The molecule has 0 radical (unpaired) electrons. The lowest BCUT2D eigenvalue weighted by Crippen LogP contribution is -1.93. The zero-order chi connectivity index (χ0) is 12.3. The molecular weight excluding hydrogens is 219 g/mol. The third kappa shape index (κ3) is 2.66. The quantitative estimate of drug-likeness (QED) is 0.799. The third-order valence-corrected chi connectivity index (χ3v) is 2.34. The summed E-state index contributed by atoms with van der Waals surface area (Å²) in [7, 11) is 0. The van der Waals surface area contributed by atoms with E-state index in [2.05, 4.69) is 0 Å². The molecule has 4 heteroatoms. The van der Waals surface area contributed by atoms with Gasteiger partial charge in [-0.15, -0.1) is 0 Å². The van der Waals surface area contributed by atoms with Crippen molar-refractivity contribution in [1.82, 2.24) is 0 Å². The van der Waals surface area contributed by atoms with E-state index in [-0.39, 0.29) is 0 Å². The number of hydrogen-bond donors (Lipinski definition) is 2. The fourth-order valence-corrected chi connectivity index (χ4v) is 1.47. The van der Waals surface area contributed by atoms with Gasteiger partial charge in [-0.25, -0.2) is 4.39 Å². The summed E-state index contributed by atoms with van der Waals surface area (Å²) >= 11 is 0. The Kier molecular flexibility index (Phi) is 3.14. The second-order valence-electron chi connectivity index (χ2n) is 3.67. The highest BCUT2D eigenvalue weighted by molar-refractivity contribution is 5.49. The van der Waals surface area contributed by atoms with Gasteiger partial charge < -0.3 is 16.2 Å². The van der Waals surface area contributed by atoms with Crippen molar-refractivity contribution in [2.75, 3.05) is 11.5 Å². The van der Waals surface area contributed by atoms with Crippen molar-refractivity contribution in [3.05, 3.63) is 48.0 Å². The third-order valence-electron chi connectivity index (χ3n) is 2.34. The molecule has 0 spiro atoms. The van der Waals surface area contributed by atoms with Crippen LogP contribution in [-0.4, -0.2) is 0 Å². The lowest BCUT2D eigenvalue weighted by Gasteiger charge is -2.10. The fourth-order valence-electron chi connectivity index (χ4n) is 1.47. The molecular formula is C13H13FN2O.